The van der Waals surface area contributed by atoms with Crippen LogP contribution in [-0.4, -0.2) is 50.9 Å². The average Bonchev–Trinajstić information content (AvgIpc) is 2.64. The molecule has 0 unspecified atom stereocenters. The highest BCUT2D eigenvalue weighted by molar-refractivity contribution is 7.98. The van der Waals surface area contributed by atoms with Gasteiger partial charge in [0.25, 0.3) is 0 Å². The van der Waals surface area contributed by atoms with E-state index in [9.17, 15) is 0 Å². The molecule has 2 N–H and O–H groups in total. The zero-order valence-corrected chi connectivity index (χ0v) is 17.6. The second kappa shape index (κ2) is 14.7. The van der Waals surface area contributed by atoms with Crippen molar-refractivity contribution < 1.29 is 9.47 Å². The number of guanidine groups is 1. The van der Waals surface area contributed by atoms with Crippen LogP contribution in [0.15, 0.2) is 23.2 Å². The molecule has 1 aromatic carbocycles. The van der Waals surface area contributed by atoms with Crippen molar-refractivity contribution in [2.24, 2.45) is 4.99 Å². The zero-order valence-electron chi connectivity index (χ0n) is 16.8. The molecule has 26 heavy (non-hydrogen) atoms. The first-order chi connectivity index (χ1) is 12.7. The number of rotatable bonds is 13. The molecule has 0 aliphatic rings. The average molecular weight is 382 g/mol. The molecule has 0 radical (unpaired) electrons. The summed E-state index contributed by atoms with van der Waals surface area (Å²) in [5.74, 6) is 2.96. The number of unbranched alkanes of at least 4 members (excludes halogenated alkanes) is 1. The Kier molecular flexibility index (Phi) is 12.8. The molecule has 0 amide bonds. The van der Waals surface area contributed by atoms with Crippen molar-refractivity contribution in [2.75, 3.05) is 44.9 Å². The summed E-state index contributed by atoms with van der Waals surface area (Å²) < 4.78 is 11.3. The molecule has 5 nitrogen and oxygen atoms in total. The van der Waals surface area contributed by atoms with Gasteiger partial charge in [0, 0.05) is 25.3 Å². The highest BCUT2D eigenvalue weighted by Gasteiger charge is 2.05. The fraction of sp³-hybridized carbons (Fsp3) is 0.650. The van der Waals surface area contributed by atoms with Crippen LogP contribution in [0.1, 0.15) is 37.8 Å². The summed E-state index contributed by atoms with van der Waals surface area (Å²) in [6, 6.07) is 6.26. The third kappa shape index (κ3) is 9.92. The maximum absolute atomic E-state index is 5.90. The monoisotopic (exact) mass is 381 g/mol. The van der Waals surface area contributed by atoms with Crippen molar-refractivity contribution in [1.29, 1.82) is 0 Å². The number of benzene rings is 1. The second-order valence-corrected chi connectivity index (χ2v) is 6.96. The third-order valence-corrected chi connectivity index (χ3v) is 4.43. The Morgan fingerprint density at radius 3 is 2.73 bits per heavy atom. The highest BCUT2D eigenvalue weighted by atomic mass is 32.2. The van der Waals surface area contributed by atoms with Crippen LogP contribution in [0, 0.1) is 6.92 Å². The number of hydrogen-bond donors (Lipinski definition) is 2. The van der Waals surface area contributed by atoms with E-state index in [1.165, 1.54) is 17.7 Å². The molecule has 148 valence electrons. The number of nitrogens with one attached hydrogen (secondary N) is 2. The first-order valence-corrected chi connectivity index (χ1v) is 10.9. The molecule has 0 atom stereocenters. The molecule has 1 rings (SSSR count). The van der Waals surface area contributed by atoms with Crippen LogP contribution >= 0.6 is 11.8 Å². The van der Waals surface area contributed by atoms with Crippen molar-refractivity contribution in [3.8, 4) is 5.75 Å². The lowest BCUT2D eigenvalue weighted by molar-refractivity contribution is 0.110. The second-order valence-electron chi connectivity index (χ2n) is 5.98. The summed E-state index contributed by atoms with van der Waals surface area (Å²) in [7, 11) is 0. The summed E-state index contributed by atoms with van der Waals surface area (Å²) in [5, 5.41) is 6.72. The zero-order chi connectivity index (χ0) is 19.0. The van der Waals surface area contributed by atoms with Crippen molar-refractivity contribution in [2.45, 2.75) is 40.2 Å². The molecular formula is C20H35N3O2S. The minimum Gasteiger partial charge on any atom is -0.491 e. The number of ether oxygens (including phenoxy) is 2. The van der Waals surface area contributed by atoms with Gasteiger partial charge in [-0.1, -0.05) is 12.1 Å². The van der Waals surface area contributed by atoms with Gasteiger partial charge in [0.2, 0.25) is 0 Å². The Labute approximate surface area is 163 Å². The molecule has 1 aromatic rings. The molecule has 6 heteroatoms. The van der Waals surface area contributed by atoms with Gasteiger partial charge in [0.1, 0.15) is 12.4 Å². The Morgan fingerprint density at radius 1 is 1.15 bits per heavy atom. The van der Waals surface area contributed by atoms with Crippen molar-refractivity contribution in [1.82, 2.24) is 10.6 Å². The van der Waals surface area contributed by atoms with Crippen LogP contribution < -0.4 is 15.4 Å². The van der Waals surface area contributed by atoms with E-state index in [0.717, 1.165) is 36.8 Å². The first kappa shape index (κ1) is 22.6. The number of aliphatic imine (C=N–C) groups is 1. The summed E-state index contributed by atoms with van der Waals surface area (Å²) in [4.78, 5) is 4.71. The van der Waals surface area contributed by atoms with Gasteiger partial charge in [-0.05, 0) is 57.3 Å². The molecule has 0 saturated heterocycles. The van der Waals surface area contributed by atoms with E-state index in [4.69, 9.17) is 14.5 Å². The Balaban J connectivity index is 2.62. The lowest BCUT2D eigenvalue weighted by Gasteiger charge is -2.13. The van der Waals surface area contributed by atoms with Crippen LogP contribution in [-0.2, 0) is 11.3 Å². The van der Waals surface area contributed by atoms with Gasteiger partial charge in [0.05, 0.1) is 13.2 Å². The summed E-state index contributed by atoms with van der Waals surface area (Å²) >= 11 is 1.89. The van der Waals surface area contributed by atoms with Gasteiger partial charge in [0.15, 0.2) is 5.96 Å². The van der Waals surface area contributed by atoms with Crippen LogP contribution in [0.25, 0.3) is 0 Å². The molecule has 0 saturated carbocycles. The van der Waals surface area contributed by atoms with Crippen LogP contribution in [0.3, 0.4) is 0 Å². The van der Waals surface area contributed by atoms with Gasteiger partial charge in [-0.2, -0.15) is 11.8 Å². The molecular weight excluding hydrogens is 346 g/mol. The van der Waals surface area contributed by atoms with E-state index in [2.05, 4.69) is 48.9 Å². The van der Waals surface area contributed by atoms with E-state index >= 15 is 0 Å². The van der Waals surface area contributed by atoms with Gasteiger partial charge >= 0.3 is 0 Å². The van der Waals surface area contributed by atoms with Crippen LogP contribution in [0.5, 0.6) is 5.75 Å². The van der Waals surface area contributed by atoms with Gasteiger partial charge in [-0.15, -0.1) is 0 Å². The molecule has 0 fully saturated rings. The van der Waals surface area contributed by atoms with Gasteiger partial charge < -0.3 is 20.1 Å². The van der Waals surface area contributed by atoms with Crippen molar-refractivity contribution >= 4 is 17.7 Å². The SMILES string of the molecule is CCNC(=NCc1ccc(C)cc1OCCOCC)NCCCCSC. The lowest BCUT2D eigenvalue weighted by Crippen LogP contribution is -2.37. The van der Waals surface area contributed by atoms with Crippen LogP contribution in [0.4, 0.5) is 0 Å². The van der Waals surface area contributed by atoms with E-state index in [-0.39, 0.29) is 0 Å². The Hall–Kier alpha value is -1.40. The van der Waals surface area contributed by atoms with Crippen LogP contribution in [0.2, 0.25) is 0 Å². The maximum Gasteiger partial charge on any atom is 0.191 e. The minimum atomic E-state index is 0.557. The molecule has 0 heterocycles. The minimum absolute atomic E-state index is 0.557. The first-order valence-electron chi connectivity index (χ1n) is 9.52. The van der Waals surface area contributed by atoms with Gasteiger partial charge in [-0.25, -0.2) is 4.99 Å². The molecule has 0 aliphatic heterocycles. The van der Waals surface area contributed by atoms with E-state index in [1.54, 1.807) is 0 Å². The quantitative estimate of drug-likeness (QED) is 0.311. The molecule has 0 spiro atoms. The van der Waals surface area contributed by atoms with E-state index in [0.29, 0.717) is 26.4 Å². The predicted molar refractivity (Wildman–Crippen MR) is 114 cm³/mol. The smallest absolute Gasteiger partial charge is 0.191 e. The summed E-state index contributed by atoms with van der Waals surface area (Å²) in [6.07, 6.45) is 4.53. The molecule has 0 bridgehead atoms. The van der Waals surface area contributed by atoms with E-state index < -0.39 is 0 Å². The number of thioether (sulfide) groups is 1. The number of aryl methyl sites for hydroxylation is 1. The topological polar surface area (TPSA) is 54.9 Å². The number of hydrogen-bond acceptors (Lipinski definition) is 4. The van der Waals surface area contributed by atoms with E-state index in [1.807, 2.05) is 18.7 Å². The molecule has 0 aliphatic carbocycles. The fourth-order valence-corrected chi connectivity index (χ4v) is 2.86. The fourth-order valence-electron chi connectivity index (χ4n) is 2.37. The largest absolute Gasteiger partial charge is 0.491 e. The Morgan fingerprint density at radius 2 is 2.00 bits per heavy atom. The van der Waals surface area contributed by atoms with Crippen molar-refractivity contribution in [3.63, 3.8) is 0 Å². The maximum atomic E-state index is 5.90. The summed E-state index contributed by atoms with van der Waals surface area (Å²) in [6.45, 7) is 10.4. The lowest BCUT2D eigenvalue weighted by atomic mass is 10.1. The Bertz CT molecular complexity index is 524. The molecule has 0 aromatic heterocycles. The normalized spacial score (nSPS) is 11.5. The highest BCUT2D eigenvalue weighted by Crippen LogP contribution is 2.21. The van der Waals surface area contributed by atoms with Gasteiger partial charge in [-0.3, -0.25) is 0 Å². The number of nitrogens with zero attached hydrogens (tertiary/aromatic N) is 1. The third-order valence-electron chi connectivity index (χ3n) is 3.73. The van der Waals surface area contributed by atoms with Crippen molar-refractivity contribution in [3.05, 3.63) is 29.3 Å². The summed E-state index contributed by atoms with van der Waals surface area (Å²) in [5.41, 5.74) is 2.27. The predicted octanol–water partition coefficient (Wildman–Crippen LogP) is 3.61. The standard InChI is InChI=1S/C20H35N3O2S/c1-5-21-20(22-11-7-8-14-26-4)23-16-18-10-9-17(3)15-19(18)25-13-12-24-6-2/h9-10,15H,5-8,11-14,16H2,1-4H3,(H2,21,22,23).